The Labute approximate surface area is 309 Å². The van der Waals surface area contributed by atoms with E-state index >= 15 is 8.78 Å². The van der Waals surface area contributed by atoms with Crippen LogP contribution >= 0.6 is 0 Å². The van der Waals surface area contributed by atoms with E-state index < -0.39 is 58.3 Å². The number of nitrogens with zero attached hydrogens (tertiary/aromatic N) is 5. The third-order valence-corrected chi connectivity index (χ3v) is 10.5. The number of pyridine rings is 1. The number of hydrogen-bond donors (Lipinski definition) is 1. The molecule has 0 radical (unpaired) electrons. The van der Waals surface area contributed by atoms with Crippen LogP contribution in [0.25, 0.3) is 32.9 Å². The summed E-state index contributed by atoms with van der Waals surface area (Å²) >= 11 is -1.71. The first kappa shape index (κ1) is 36.8. The minimum Gasteiger partial charge on any atom is -0.609 e. The minimum absolute atomic E-state index is 0.0366. The monoisotopic (exact) mass is 750 g/mol. The quantitative estimate of drug-likeness (QED) is 0.165. The van der Waals surface area contributed by atoms with E-state index in [-0.39, 0.29) is 56.4 Å². The van der Waals surface area contributed by atoms with Crippen molar-refractivity contribution >= 4 is 56.5 Å². The first-order chi connectivity index (χ1) is 24.9. The third-order valence-electron chi connectivity index (χ3n) is 9.79. The van der Waals surface area contributed by atoms with Crippen molar-refractivity contribution in [3.05, 3.63) is 41.5 Å². The Hall–Kier alpha value is -4.50. The molecule has 282 valence electrons. The molecule has 3 aliphatic heterocycles. The highest BCUT2D eigenvalue weighted by atomic mass is 32.2. The molecular weight excluding hydrogens is 707 g/mol. The number of hydrogen-bond acceptors (Lipinski definition) is 10. The number of halogens is 2. The highest BCUT2D eigenvalue weighted by Gasteiger charge is 2.54. The van der Waals surface area contributed by atoms with E-state index in [9.17, 15) is 14.1 Å². The lowest BCUT2D eigenvalue weighted by atomic mass is 9.94. The molecule has 2 fully saturated rings. The van der Waals surface area contributed by atoms with Crippen molar-refractivity contribution < 1.29 is 37.1 Å². The smallest absolute Gasteiger partial charge is 0.412 e. The van der Waals surface area contributed by atoms with Gasteiger partial charge < -0.3 is 23.7 Å². The molecule has 0 aliphatic carbocycles. The summed E-state index contributed by atoms with van der Waals surface area (Å²) in [6, 6.07) is 5.43. The molecule has 1 unspecified atom stereocenters. The molecule has 5 heterocycles. The van der Waals surface area contributed by atoms with Crippen LogP contribution in [0.2, 0.25) is 0 Å². The van der Waals surface area contributed by atoms with Gasteiger partial charge in [-0.25, -0.2) is 23.4 Å². The van der Waals surface area contributed by atoms with Crippen LogP contribution in [-0.4, -0.2) is 84.8 Å². The molecule has 5 atom stereocenters. The average Bonchev–Trinajstić information content (AvgIpc) is 3.31. The van der Waals surface area contributed by atoms with Gasteiger partial charge in [0.1, 0.15) is 40.2 Å². The summed E-state index contributed by atoms with van der Waals surface area (Å²) in [5, 5.41) is 3.16. The highest BCUT2D eigenvalue weighted by molar-refractivity contribution is 7.90. The number of benzene rings is 2. The van der Waals surface area contributed by atoms with Crippen molar-refractivity contribution in [1.82, 2.24) is 19.9 Å². The van der Waals surface area contributed by atoms with Gasteiger partial charge in [-0.05, 0) is 84.7 Å². The van der Waals surface area contributed by atoms with Gasteiger partial charge in [0.15, 0.2) is 17.5 Å². The van der Waals surface area contributed by atoms with Gasteiger partial charge in [-0.1, -0.05) is 25.1 Å². The van der Waals surface area contributed by atoms with Crippen LogP contribution in [0, 0.1) is 11.6 Å². The molecule has 1 N–H and O–H groups in total. The maximum absolute atomic E-state index is 17.3. The van der Waals surface area contributed by atoms with Crippen LogP contribution in [-0.2, 0) is 27.1 Å². The summed E-state index contributed by atoms with van der Waals surface area (Å²) in [6.07, 6.45) is 1.40. The zero-order chi connectivity index (χ0) is 38.3. The molecule has 2 amide bonds. The molecule has 3 aliphatic rings. The fraction of sp³-hybridized carbons (Fsp3) is 0.500. The Kier molecular flexibility index (Phi) is 9.12. The Balaban J connectivity index is 1.44. The number of ether oxygens (including phenoxy) is 3. The topological polar surface area (TPSA) is 142 Å². The number of carbonyl (C=O) groups is 2. The fourth-order valence-electron chi connectivity index (χ4n) is 7.84. The van der Waals surface area contributed by atoms with Crippen molar-refractivity contribution in [2.24, 2.45) is 0 Å². The lowest BCUT2D eigenvalue weighted by molar-refractivity contribution is 0.000928. The largest absolute Gasteiger partial charge is 0.609 e. The Bertz CT molecular complexity index is 2150. The molecule has 2 aromatic carbocycles. The van der Waals surface area contributed by atoms with Crippen molar-refractivity contribution in [3.63, 3.8) is 0 Å². The van der Waals surface area contributed by atoms with Crippen molar-refractivity contribution in [2.75, 3.05) is 23.0 Å². The minimum atomic E-state index is -1.71. The molecule has 2 bridgehead atoms. The Morgan fingerprint density at radius 3 is 2.42 bits per heavy atom. The van der Waals surface area contributed by atoms with Crippen LogP contribution in [0.5, 0.6) is 5.88 Å². The van der Waals surface area contributed by atoms with Gasteiger partial charge in [0.05, 0.1) is 23.8 Å². The zero-order valence-corrected chi connectivity index (χ0v) is 32.1. The van der Waals surface area contributed by atoms with Crippen LogP contribution in [0.3, 0.4) is 0 Å². The first-order valence-electron chi connectivity index (χ1n) is 17.8. The molecule has 2 aromatic heterocycles. The summed E-state index contributed by atoms with van der Waals surface area (Å²) in [7, 11) is 0. The molecule has 7 rings (SSSR count). The number of anilines is 2. The zero-order valence-electron chi connectivity index (χ0n) is 31.3. The number of fused-ring (bicyclic) bond motifs is 6. The van der Waals surface area contributed by atoms with Gasteiger partial charge in [-0.2, -0.15) is 9.97 Å². The number of carbonyl (C=O) groups excluding carboxylic acids is 2. The van der Waals surface area contributed by atoms with Crippen LogP contribution in [0.15, 0.2) is 29.4 Å². The van der Waals surface area contributed by atoms with E-state index in [1.54, 1.807) is 37.8 Å². The van der Waals surface area contributed by atoms with Crippen molar-refractivity contribution in [3.8, 4) is 17.1 Å². The molecule has 4 aromatic rings. The first-order valence-corrected chi connectivity index (χ1v) is 19.4. The van der Waals surface area contributed by atoms with Gasteiger partial charge >= 0.3 is 17.3 Å². The number of aromatic nitrogens is 3. The summed E-state index contributed by atoms with van der Waals surface area (Å²) in [4.78, 5) is 44.2. The lowest BCUT2D eigenvalue weighted by Crippen LogP contribution is -2.65. The standard InChI is InChI=1S/C38H44F2N6O6S/c1-10-19-12-11-13-21-25(19)22(16-23(27(21)39)41-35(47)51-37(3,4)5)29-28(40)30-26-32(44-34(43-30)53(9)49)45-17-20-14-15-24(31(45)18(2)50-33(26)42-29)46(20)36(48)52-38(6,7)8/h11-13,16,18,20,24,31H,10,14-15,17H2,1-9H3,(H,41,47)/t18-,20+,24-,31+,53?/m0/s1. The molecule has 53 heavy (non-hydrogen) atoms. The summed E-state index contributed by atoms with van der Waals surface area (Å²) in [5.74, 6) is -1.22. The molecule has 12 nitrogen and oxygen atoms in total. The average molecular weight is 751 g/mol. The molecular formula is C38H44F2N6O6S. The Morgan fingerprint density at radius 2 is 1.75 bits per heavy atom. The maximum atomic E-state index is 17.3. The molecule has 15 heteroatoms. The van der Waals surface area contributed by atoms with Crippen LogP contribution in [0.4, 0.5) is 29.9 Å². The molecule has 0 spiro atoms. The number of piperazine rings is 1. The SMILES string of the molecule is CCc1cccc2c(F)c(NC(=O)OC(C)(C)C)cc(-c3nc4c5c(nc([S+](C)[O-])nc5c3F)N3C[C@H]5CC[C@@H]([C@H]3[C@H](C)O4)N5C(=O)OC(C)(C)C)c12. The molecule has 0 saturated carbocycles. The number of rotatable bonds is 4. The maximum Gasteiger partial charge on any atom is 0.412 e. The predicted octanol–water partition coefficient (Wildman–Crippen LogP) is 7.51. The van der Waals surface area contributed by atoms with E-state index in [0.717, 1.165) is 12.0 Å². The second-order valence-electron chi connectivity index (χ2n) is 15.8. The lowest BCUT2D eigenvalue weighted by Gasteiger charge is -2.48. The summed E-state index contributed by atoms with van der Waals surface area (Å²) in [5.41, 5.74) is -1.25. The number of amides is 2. The van der Waals surface area contributed by atoms with Crippen LogP contribution < -0.4 is 15.0 Å². The van der Waals surface area contributed by atoms with Gasteiger partial charge in [-0.15, -0.1) is 0 Å². The second-order valence-corrected chi connectivity index (χ2v) is 17.1. The molecule has 2 saturated heterocycles. The van der Waals surface area contributed by atoms with Gasteiger partial charge in [-0.3, -0.25) is 10.2 Å². The van der Waals surface area contributed by atoms with E-state index in [4.69, 9.17) is 24.2 Å². The van der Waals surface area contributed by atoms with Crippen LogP contribution in [0.1, 0.15) is 73.8 Å². The highest BCUT2D eigenvalue weighted by Crippen LogP contribution is 2.47. The van der Waals surface area contributed by atoms with E-state index in [1.165, 1.54) is 12.3 Å². The van der Waals surface area contributed by atoms with Gasteiger partial charge in [0, 0.05) is 28.7 Å². The van der Waals surface area contributed by atoms with E-state index in [1.807, 2.05) is 45.6 Å². The summed E-state index contributed by atoms with van der Waals surface area (Å²) < 4.78 is 64.4. The van der Waals surface area contributed by atoms with Crippen molar-refractivity contribution in [2.45, 2.75) is 115 Å². The van der Waals surface area contributed by atoms with E-state index in [2.05, 4.69) is 10.3 Å². The summed E-state index contributed by atoms with van der Waals surface area (Å²) in [6.45, 7) is 14.6. The second kappa shape index (κ2) is 13.1. The van der Waals surface area contributed by atoms with Gasteiger partial charge in [0.2, 0.25) is 5.88 Å². The van der Waals surface area contributed by atoms with Gasteiger partial charge in [0.25, 0.3) is 0 Å². The number of nitrogens with one attached hydrogen (secondary N) is 1. The normalized spacial score (nSPS) is 21.6. The predicted molar refractivity (Wildman–Crippen MR) is 198 cm³/mol. The van der Waals surface area contributed by atoms with E-state index in [0.29, 0.717) is 30.6 Å². The third kappa shape index (κ3) is 6.55. The van der Waals surface area contributed by atoms with Crippen molar-refractivity contribution in [1.29, 1.82) is 0 Å². The fourth-order valence-corrected chi connectivity index (χ4v) is 8.27. The Morgan fingerprint density at radius 1 is 1.04 bits per heavy atom. The number of aryl methyl sites for hydroxylation is 1.